The monoisotopic (exact) mass is 426 g/mol. The van der Waals surface area contributed by atoms with Crippen LogP contribution in [-0.4, -0.2) is 9.97 Å². The van der Waals surface area contributed by atoms with Crippen molar-refractivity contribution in [2.24, 2.45) is 0 Å². The van der Waals surface area contributed by atoms with Gasteiger partial charge in [0.1, 0.15) is 11.0 Å². The van der Waals surface area contributed by atoms with Gasteiger partial charge in [-0.25, -0.2) is 9.97 Å². The highest BCUT2D eigenvalue weighted by Crippen LogP contribution is 2.64. The van der Waals surface area contributed by atoms with Gasteiger partial charge < -0.3 is 8.83 Å². The van der Waals surface area contributed by atoms with E-state index in [9.17, 15) is 0 Å². The molecule has 0 fully saturated rings. The fourth-order valence-corrected chi connectivity index (χ4v) is 6.29. The molecular formula is C29H18N2O2. The van der Waals surface area contributed by atoms with Crippen LogP contribution in [-0.2, 0) is 5.41 Å². The largest absolute Gasteiger partial charge is 0.440 e. The van der Waals surface area contributed by atoms with E-state index >= 15 is 0 Å². The number of nitrogens with zero attached hydrogens (tertiary/aromatic N) is 2. The molecule has 4 aromatic carbocycles. The normalized spacial score (nSPS) is 14.6. The van der Waals surface area contributed by atoms with Crippen LogP contribution in [0.1, 0.15) is 34.0 Å². The summed E-state index contributed by atoms with van der Waals surface area (Å²) < 4.78 is 12.5. The molecule has 33 heavy (non-hydrogen) atoms. The zero-order valence-corrected chi connectivity index (χ0v) is 18.1. The first-order valence-corrected chi connectivity index (χ1v) is 11.2. The minimum atomic E-state index is -0.443. The summed E-state index contributed by atoms with van der Waals surface area (Å²) in [6.45, 7) is 3.80. The Morgan fingerprint density at radius 1 is 0.545 bits per heavy atom. The molecule has 0 saturated carbocycles. The maximum atomic E-state index is 6.23. The average Bonchev–Trinajstić information content (AvgIpc) is 3.54. The summed E-state index contributed by atoms with van der Waals surface area (Å²) in [7, 11) is 0. The number of aromatic nitrogens is 2. The molecule has 0 aliphatic heterocycles. The van der Waals surface area contributed by atoms with Crippen molar-refractivity contribution in [2.45, 2.75) is 19.3 Å². The van der Waals surface area contributed by atoms with Crippen molar-refractivity contribution in [3.63, 3.8) is 0 Å². The molecule has 4 heteroatoms. The molecule has 2 heterocycles. The standard InChI is InChI=1S/C29H18N2O2/c1-15-30-23-13-11-21-25(27(23)32-15)26-22(12-14-24-28(26)33-16(2)31-24)29(21)19-9-5-3-7-17(19)18-8-4-6-10-20(18)29/h3-14H,1-2H3. The lowest BCUT2D eigenvalue weighted by Gasteiger charge is -2.30. The molecule has 156 valence electrons. The van der Waals surface area contributed by atoms with Crippen molar-refractivity contribution in [3.05, 3.63) is 107 Å². The Bertz CT molecular complexity index is 1670. The van der Waals surface area contributed by atoms with Gasteiger partial charge in [-0.05, 0) is 45.5 Å². The highest BCUT2D eigenvalue weighted by atomic mass is 16.4. The van der Waals surface area contributed by atoms with Crippen LogP contribution >= 0.6 is 0 Å². The molecule has 8 rings (SSSR count). The fraction of sp³-hybridized carbons (Fsp3) is 0.103. The molecule has 2 aliphatic rings. The van der Waals surface area contributed by atoms with Gasteiger partial charge in [0.05, 0.1) is 5.41 Å². The van der Waals surface area contributed by atoms with Crippen LogP contribution in [0.5, 0.6) is 0 Å². The summed E-state index contributed by atoms with van der Waals surface area (Å²) in [5.74, 6) is 1.32. The van der Waals surface area contributed by atoms with Crippen molar-refractivity contribution >= 4 is 22.2 Å². The van der Waals surface area contributed by atoms with Crippen molar-refractivity contribution in [2.75, 3.05) is 0 Å². The second-order valence-electron chi connectivity index (χ2n) is 8.98. The van der Waals surface area contributed by atoms with E-state index in [1.807, 2.05) is 13.8 Å². The molecule has 4 nitrogen and oxygen atoms in total. The first-order valence-electron chi connectivity index (χ1n) is 11.2. The van der Waals surface area contributed by atoms with Gasteiger partial charge >= 0.3 is 0 Å². The van der Waals surface area contributed by atoms with Crippen LogP contribution in [0, 0.1) is 13.8 Å². The van der Waals surface area contributed by atoms with E-state index in [1.54, 1.807) is 0 Å². The minimum Gasteiger partial charge on any atom is -0.440 e. The Balaban J connectivity index is 1.67. The maximum absolute atomic E-state index is 6.23. The number of rotatable bonds is 0. The molecule has 1 spiro atoms. The lowest BCUT2D eigenvalue weighted by Crippen LogP contribution is -2.25. The minimum absolute atomic E-state index is 0.443. The van der Waals surface area contributed by atoms with Crippen molar-refractivity contribution in [1.82, 2.24) is 9.97 Å². The van der Waals surface area contributed by atoms with Gasteiger partial charge in [0, 0.05) is 25.0 Å². The zero-order chi connectivity index (χ0) is 21.9. The maximum Gasteiger partial charge on any atom is 0.192 e. The molecule has 0 saturated heterocycles. The Morgan fingerprint density at radius 2 is 1.00 bits per heavy atom. The van der Waals surface area contributed by atoms with E-state index in [0.717, 1.165) is 33.3 Å². The molecule has 0 N–H and O–H groups in total. The van der Waals surface area contributed by atoms with Crippen molar-refractivity contribution < 1.29 is 8.83 Å². The third kappa shape index (κ3) is 1.86. The van der Waals surface area contributed by atoms with Crippen LogP contribution in [0.2, 0.25) is 0 Å². The van der Waals surface area contributed by atoms with Gasteiger partial charge in [0.15, 0.2) is 22.9 Å². The Morgan fingerprint density at radius 3 is 1.48 bits per heavy atom. The van der Waals surface area contributed by atoms with E-state index in [-0.39, 0.29) is 0 Å². The number of hydrogen-bond donors (Lipinski definition) is 0. The molecule has 2 aliphatic carbocycles. The number of aryl methyl sites for hydroxylation is 2. The van der Waals surface area contributed by atoms with Crippen LogP contribution < -0.4 is 0 Å². The van der Waals surface area contributed by atoms with Gasteiger partial charge in [-0.2, -0.15) is 0 Å². The first kappa shape index (κ1) is 17.4. The highest BCUT2D eigenvalue weighted by Gasteiger charge is 2.53. The van der Waals surface area contributed by atoms with E-state index < -0.39 is 5.41 Å². The summed E-state index contributed by atoms with van der Waals surface area (Å²) in [4.78, 5) is 9.28. The molecule has 0 bridgehead atoms. The smallest absolute Gasteiger partial charge is 0.192 e. The summed E-state index contributed by atoms with van der Waals surface area (Å²) >= 11 is 0. The number of oxazole rings is 2. The first-order chi connectivity index (χ1) is 16.2. The zero-order valence-electron chi connectivity index (χ0n) is 18.1. The Hall–Kier alpha value is -4.18. The fourth-order valence-electron chi connectivity index (χ4n) is 6.29. The number of fused-ring (bicyclic) bond motifs is 14. The Labute approximate surface area is 189 Å². The third-order valence-electron chi connectivity index (χ3n) is 7.34. The lowest BCUT2D eigenvalue weighted by molar-refractivity contribution is 0.558. The topological polar surface area (TPSA) is 52.1 Å². The van der Waals surface area contributed by atoms with Crippen LogP contribution in [0.25, 0.3) is 44.5 Å². The average molecular weight is 426 g/mol. The highest BCUT2D eigenvalue weighted by molar-refractivity contribution is 6.09. The van der Waals surface area contributed by atoms with Gasteiger partial charge in [0.25, 0.3) is 0 Å². The van der Waals surface area contributed by atoms with Crippen LogP contribution in [0.4, 0.5) is 0 Å². The Kier molecular flexibility index (Phi) is 2.95. The predicted molar refractivity (Wildman–Crippen MR) is 127 cm³/mol. The molecular weight excluding hydrogens is 408 g/mol. The molecule has 6 aromatic rings. The summed E-state index contributed by atoms with van der Waals surface area (Å²) in [6, 6.07) is 26.1. The predicted octanol–water partition coefficient (Wildman–Crippen LogP) is 6.93. The van der Waals surface area contributed by atoms with Gasteiger partial charge in [-0.3, -0.25) is 0 Å². The molecule has 0 atom stereocenters. The van der Waals surface area contributed by atoms with Crippen molar-refractivity contribution in [3.8, 4) is 22.3 Å². The summed E-state index contributed by atoms with van der Waals surface area (Å²) in [5.41, 5.74) is 12.6. The van der Waals surface area contributed by atoms with E-state index in [4.69, 9.17) is 8.83 Å². The van der Waals surface area contributed by atoms with E-state index in [0.29, 0.717) is 11.8 Å². The van der Waals surface area contributed by atoms with Crippen molar-refractivity contribution in [1.29, 1.82) is 0 Å². The summed E-state index contributed by atoms with van der Waals surface area (Å²) in [5, 5.41) is 0. The molecule has 2 aromatic heterocycles. The molecule has 0 radical (unpaired) electrons. The van der Waals surface area contributed by atoms with Gasteiger partial charge in [-0.15, -0.1) is 0 Å². The number of hydrogen-bond acceptors (Lipinski definition) is 4. The number of benzene rings is 4. The third-order valence-corrected chi connectivity index (χ3v) is 7.34. The second kappa shape index (κ2) is 5.59. The van der Waals surface area contributed by atoms with Crippen LogP contribution in [0.3, 0.4) is 0 Å². The van der Waals surface area contributed by atoms with Crippen LogP contribution in [0.15, 0.2) is 81.6 Å². The SMILES string of the molecule is Cc1nc2ccc3c(c2o1)-c1c(ccc2nc(C)oc12)C31c2ccccc2-c2ccccc21. The lowest BCUT2D eigenvalue weighted by atomic mass is 9.70. The van der Waals surface area contributed by atoms with E-state index in [2.05, 4.69) is 82.8 Å². The van der Waals surface area contributed by atoms with Gasteiger partial charge in [0.2, 0.25) is 0 Å². The van der Waals surface area contributed by atoms with Gasteiger partial charge in [-0.1, -0.05) is 60.7 Å². The quantitative estimate of drug-likeness (QED) is 0.264. The van der Waals surface area contributed by atoms with E-state index in [1.165, 1.54) is 33.4 Å². The second-order valence-corrected chi connectivity index (χ2v) is 8.98. The molecule has 0 unspecified atom stereocenters. The summed E-state index contributed by atoms with van der Waals surface area (Å²) in [6.07, 6.45) is 0. The molecule has 0 amide bonds.